The minimum atomic E-state index is 0.0282. The highest BCUT2D eigenvalue weighted by Gasteiger charge is 2.43. The van der Waals surface area contributed by atoms with E-state index in [4.69, 9.17) is 10.5 Å². The van der Waals surface area contributed by atoms with Crippen LogP contribution in [0.15, 0.2) is 54.6 Å². The highest BCUT2D eigenvalue weighted by Crippen LogP contribution is 2.45. The number of likely N-dealkylation sites (tertiary alicyclic amines) is 1. The van der Waals surface area contributed by atoms with Crippen molar-refractivity contribution in [2.75, 3.05) is 19.7 Å². The maximum absolute atomic E-state index is 12.5. The number of amides is 1. The number of rotatable bonds is 3. The number of nitrogens with two attached hydrogens (primary N) is 1. The first-order valence-electron chi connectivity index (χ1n) is 9.18. The molecule has 0 saturated carbocycles. The fourth-order valence-corrected chi connectivity index (χ4v) is 3.94. The van der Waals surface area contributed by atoms with Crippen LogP contribution in [-0.4, -0.2) is 30.5 Å². The molecule has 2 aliphatic heterocycles. The normalized spacial score (nSPS) is 18.1. The van der Waals surface area contributed by atoms with Gasteiger partial charge in [-0.3, -0.25) is 4.79 Å². The lowest BCUT2D eigenvalue weighted by Gasteiger charge is -2.38. The number of fused-ring (bicyclic) bond motifs is 2. The molecule has 2 N–H and O–H groups in total. The molecular weight excluding hydrogens is 324 g/mol. The maximum Gasteiger partial charge on any atom is 0.246 e. The Balaban J connectivity index is 1.44. The molecule has 4 nitrogen and oxygen atoms in total. The number of nitrogens with zero attached hydrogens (tertiary/aromatic N) is 1. The first kappa shape index (κ1) is 16.9. The first-order valence-corrected chi connectivity index (χ1v) is 9.18. The molecule has 1 saturated heterocycles. The second-order valence-electron chi connectivity index (χ2n) is 7.17. The zero-order valence-electron chi connectivity index (χ0n) is 14.9. The number of ether oxygens (including phenoxy) is 1. The molecule has 2 aromatic carbocycles. The van der Waals surface area contributed by atoms with Gasteiger partial charge in [0.2, 0.25) is 5.91 Å². The van der Waals surface area contributed by atoms with Gasteiger partial charge in [0.1, 0.15) is 5.75 Å². The molecule has 4 heteroatoms. The largest absolute Gasteiger partial charge is 0.492 e. The third-order valence-corrected chi connectivity index (χ3v) is 5.61. The maximum atomic E-state index is 12.5. The fourth-order valence-electron chi connectivity index (χ4n) is 3.94. The summed E-state index contributed by atoms with van der Waals surface area (Å²) in [7, 11) is 0. The van der Waals surface area contributed by atoms with E-state index in [1.807, 2.05) is 53.4 Å². The molecule has 4 rings (SSSR count). The average molecular weight is 348 g/mol. The van der Waals surface area contributed by atoms with Crippen molar-refractivity contribution in [2.24, 2.45) is 5.73 Å². The Hall–Kier alpha value is -2.59. The van der Waals surface area contributed by atoms with Gasteiger partial charge in [-0.25, -0.2) is 0 Å². The van der Waals surface area contributed by atoms with Gasteiger partial charge in [-0.2, -0.15) is 0 Å². The Bertz CT molecular complexity index is 821. The van der Waals surface area contributed by atoms with E-state index in [2.05, 4.69) is 6.07 Å². The van der Waals surface area contributed by atoms with Crippen LogP contribution in [0.25, 0.3) is 6.08 Å². The molecule has 0 atom stereocenters. The molecule has 0 unspecified atom stereocenters. The topological polar surface area (TPSA) is 55.6 Å². The predicted octanol–water partition coefficient (Wildman–Crippen LogP) is 3.11. The lowest BCUT2D eigenvalue weighted by molar-refractivity contribution is -0.127. The van der Waals surface area contributed by atoms with Crippen molar-refractivity contribution >= 4 is 12.0 Å². The molecule has 1 amide bonds. The minimum Gasteiger partial charge on any atom is -0.492 e. The molecule has 2 aliphatic rings. The van der Waals surface area contributed by atoms with Gasteiger partial charge in [0.25, 0.3) is 0 Å². The van der Waals surface area contributed by atoms with Gasteiger partial charge in [0, 0.05) is 36.7 Å². The zero-order valence-corrected chi connectivity index (χ0v) is 14.9. The molecule has 1 fully saturated rings. The van der Waals surface area contributed by atoms with Gasteiger partial charge in [0.05, 0.1) is 6.61 Å². The first-order chi connectivity index (χ1) is 12.7. The van der Waals surface area contributed by atoms with Crippen molar-refractivity contribution in [2.45, 2.75) is 24.8 Å². The van der Waals surface area contributed by atoms with Gasteiger partial charge in [-0.15, -0.1) is 0 Å². The van der Waals surface area contributed by atoms with Gasteiger partial charge in [-0.1, -0.05) is 42.5 Å². The van der Waals surface area contributed by atoms with Crippen LogP contribution >= 0.6 is 0 Å². The van der Waals surface area contributed by atoms with E-state index in [1.54, 1.807) is 6.08 Å². The number of carbonyl (C=O) groups is 1. The summed E-state index contributed by atoms with van der Waals surface area (Å²) in [6.07, 6.45) is 5.42. The monoisotopic (exact) mass is 348 g/mol. The standard InChI is InChI=1S/C22H24N2O2/c23-15-18-6-8-20-19(14-18)22(16-26-20)10-12-24(13-11-22)21(25)9-7-17-4-2-1-3-5-17/h1-9,14H,10-13,15-16,23H2. The fraction of sp³-hybridized carbons (Fsp3) is 0.318. The zero-order chi connectivity index (χ0) is 18.0. The van der Waals surface area contributed by atoms with Gasteiger partial charge >= 0.3 is 0 Å². The number of carbonyl (C=O) groups excluding carboxylic acids is 1. The Morgan fingerprint density at radius 3 is 2.65 bits per heavy atom. The molecule has 1 spiro atoms. The summed E-state index contributed by atoms with van der Waals surface area (Å²) < 4.78 is 5.93. The summed E-state index contributed by atoms with van der Waals surface area (Å²) in [5.41, 5.74) is 9.28. The van der Waals surface area contributed by atoms with Crippen LogP contribution in [0.1, 0.15) is 29.5 Å². The van der Waals surface area contributed by atoms with Crippen molar-refractivity contribution in [3.63, 3.8) is 0 Å². The summed E-state index contributed by atoms with van der Waals surface area (Å²) in [6, 6.07) is 16.2. The number of hydrogen-bond donors (Lipinski definition) is 1. The van der Waals surface area contributed by atoms with Crippen molar-refractivity contribution in [1.82, 2.24) is 4.90 Å². The van der Waals surface area contributed by atoms with Crippen molar-refractivity contribution in [3.8, 4) is 5.75 Å². The van der Waals surface area contributed by atoms with E-state index < -0.39 is 0 Å². The Morgan fingerprint density at radius 1 is 1.15 bits per heavy atom. The Morgan fingerprint density at radius 2 is 1.92 bits per heavy atom. The molecule has 0 radical (unpaired) electrons. The second kappa shape index (κ2) is 6.96. The van der Waals surface area contributed by atoms with Crippen molar-refractivity contribution < 1.29 is 9.53 Å². The Labute approximate surface area is 154 Å². The number of piperidine rings is 1. The molecule has 0 aliphatic carbocycles. The van der Waals surface area contributed by atoms with Gasteiger partial charge in [-0.05, 0) is 36.1 Å². The third kappa shape index (κ3) is 3.13. The smallest absolute Gasteiger partial charge is 0.246 e. The van der Waals surface area contributed by atoms with Crippen LogP contribution < -0.4 is 10.5 Å². The van der Waals surface area contributed by atoms with E-state index in [9.17, 15) is 4.79 Å². The molecule has 0 bridgehead atoms. The van der Waals surface area contributed by atoms with Crippen LogP contribution in [-0.2, 0) is 16.8 Å². The van der Waals surface area contributed by atoms with Crippen molar-refractivity contribution in [1.29, 1.82) is 0 Å². The quantitative estimate of drug-likeness (QED) is 0.867. The van der Waals surface area contributed by atoms with E-state index in [1.165, 1.54) is 5.56 Å². The van der Waals surface area contributed by atoms with Crippen LogP contribution in [0.3, 0.4) is 0 Å². The molecule has 26 heavy (non-hydrogen) atoms. The summed E-state index contributed by atoms with van der Waals surface area (Å²) in [4.78, 5) is 14.5. The molecule has 134 valence electrons. The third-order valence-electron chi connectivity index (χ3n) is 5.61. The predicted molar refractivity (Wildman–Crippen MR) is 103 cm³/mol. The number of benzene rings is 2. The molecule has 2 aromatic rings. The average Bonchev–Trinajstić information content (AvgIpc) is 3.05. The van der Waals surface area contributed by atoms with Crippen molar-refractivity contribution in [3.05, 3.63) is 71.3 Å². The van der Waals surface area contributed by atoms with Crippen LogP contribution in [0.4, 0.5) is 0 Å². The van der Waals surface area contributed by atoms with Crippen LogP contribution in [0.2, 0.25) is 0 Å². The van der Waals surface area contributed by atoms with Gasteiger partial charge in [0.15, 0.2) is 0 Å². The van der Waals surface area contributed by atoms with Gasteiger partial charge < -0.3 is 15.4 Å². The number of hydrogen-bond acceptors (Lipinski definition) is 3. The second-order valence-corrected chi connectivity index (χ2v) is 7.17. The summed E-state index contributed by atoms with van der Waals surface area (Å²) >= 11 is 0. The summed E-state index contributed by atoms with van der Waals surface area (Å²) in [5.74, 6) is 1.06. The summed E-state index contributed by atoms with van der Waals surface area (Å²) in [6.45, 7) is 2.76. The van der Waals surface area contributed by atoms with Crippen LogP contribution in [0, 0.1) is 0 Å². The van der Waals surface area contributed by atoms with E-state index in [0.29, 0.717) is 13.2 Å². The van der Waals surface area contributed by atoms with Crippen LogP contribution in [0.5, 0.6) is 5.75 Å². The Kier molecular flexibility index (Phi) is 4.51. The highest BCUT2D eigenvalue weighted by atomic mass is 16.5. The molecular formula is C22H24N2O2. The van der Waals surface area contributed by atoms with E-state index in [-0.39, 0.29) is 11.3 Å². The summed E-state index contributed by atoms with van der Waals surface area (Å²) in [5, 5.41) is 0. The van der Waals surface area contributed by atoms with E-state index in [0.717, 1.165) is 42.8 Å². The molecule has 2 heterocycles. The molecule has 0 aromatic heterocycles. The van der Waals surface area contributed by atoms with E-state index >= 15 is 0 Å². The highest BCUT2D eigenvalue weighted by molar-refractivity contribution is 5.91. The lowest BCUT2D eigenvalue weighted by Crippen LogP contribution is -2.45. The minimum absolute atomic E-state index is 0.0282. The lowest BCUT2D eigenvalue weighted by atomic mass is 9.74. The SMILES string of the molecule is NCc1ccc2c(c1)C1(CCN(C(=O)C=Cc3ccccc3)CC1)CO2.